The van der Waals surface area contributed by atoms with E-state index in [0.29, 0.717) is 5.92 Å². The van der Waals surface area contributed by atoms with Crippen molar-refractivity contribution in [1.82, 2.24) is 15.0 Å². The largest absolute Gasteiger partial charge is 0.263 e. The van der Waals surface area contributed by atoms with Gasteiger partial charge in [-0.3, -0.25) is 4.98 Å². The van der Waals surface area contributed by atoms with E-state index in [4.69, 9.17) is 4.98 Å². The molecule has 2 heterocycles. The second-order valence-electron chi connectivity index (χ2n) is 5.12. The Labute approximate surface area is 125 Å². The van der Waals surface area contributed by atoms with E-state index in [0.717, 1.165) is 27.1 Å². The first-order chi connectivity index (χ1) is 9.81. The topological polar surface area (TPSA) is 38.7 Å². The fourth-order valence-electron chi connectivity index (χ4n) is 2.42. The highest BCUT2D eigenvalue weighted by molar-refractivity contribution is 9.10. The molecule has 0 radical (unpaired) electrons. The maximum Gasteiger partial charge on any atom is 0.133 e. The van der Waals surface area contributed by atoms with Crippen LogP contribution in [0.25, 0.3) is 22.0 Å². The molecule has 2 aromatic heterocycles. The van der Waals surface area contributed by atoms with Gasteiger partial charge >= 0.3 is 0 Å². The Balaban J connectivity index is 1.94. The lowest BCUT2D eigenvalue weighted by molar-refractivity contribution is 0.919. The number of pyridine rings is 1. The van der Waals surface area contributed by atoms with Crippen LogP contribution in [0, 0.1) is 0 Å². The average molecular weight is 326 g/mol. The normalized spacial score (nSPS) is 14.7. The van der Waals surface area contributed by atoms with Crippen molar-refractivity contribution in [2.45, 2.75) is 18.8 Å². The maximum absolute atomic E-state index is 4.73. The molecule has 0 unspecified atom stereocenters. The zero-order valence-electron chi connectivity index (χ0n) is 10.8. The lowest BCUT2D eigenvalue weighted by Gasteiger charge is -2.07. The molecule has 1 fully saturated rings. The number of hydrogen-bond donors (Lipinski definition) is 0. The predicted molar refractivity (Wildman–Crippen MR) is 82.4 cm³/mol. The van der Waals surface area contributed by atoms with Crippen molar-refractivity contribution in [3.05, 3.63) is 53.2 Å². The first-order valence-corrected chi connectivity index (χ1v) is 7.48. The highest BCUT2D eigenvalue weighted by atomic mass is 79.9. The average Bonchev–Trinajstić information content (AvgIpc) is 3.30. The molecule has 0 bridgehead atoms. The van der Waals surface area contributed by atoms with E-state index in [1.54, 1.807) is 0 Å². The molecule has 1 aromatic carbocycles. The van der Waals surface area contributed by atoms with Crippen LogP contribution in [0.5, 0.6) is 0 Å². The number of rotatable bonds is 2. The Hall–Kier alpha value is -1.81. The van der Waals surface area contributed by atoms with E-state index >= 15 is 0 Å². The van der Waals surface area contributed by atoms with Gasteiger partial charge in [0.15, 0.2) is 0 Å². The van der Waals surface area contributed by atoms with Gasteiger partial charge < -0.3 is 0 Å². The Morgan fingerprint density at radius 3 is 2.75 bits per heavy atom. The van der Waals surface area contributed by atoms with Crippen molar-refractivity contribution in [2.75, 3.05) is 0 Å². The summed E-state index contributed by atoms with van der Waals surface area (Å²) < 4.78 is 0.845. The van der Waals surface area contributed by atoms with Crippen molar-refractivity contribution < 1.29 is 0 Å². The molecule has 0 atom stereocenters. The first kappa shape index (κ1) is 12.0. The van der Waals surface area contributed by atoms with E-state index in [2.05, 4.69) is 38.0 Å². The van der Waals surface area contributed by atoms with Gasteiger partial charge in [0.05, 0.1) is 5.69 Å². The summed E-state index contributed by atoms with van der Waals surface area (Å²) in [6.45, 7) is 0. The van der Waals surface area contributed by atoms with Gasteiger partial charge in [-0.2, -0.15) is 0 Å². The molecule has 3 nitrogen and oxygen atoms in total. The molecular formula is C16H12BrN3. The first-order valence-electron chi connectivity index (χ1n) is 6.69. The second kappa shape index (κ2) is 4.63. The van der Waals surface area contributed by atoms with Gasteiger partial charge in [0, 0.05) is 29.3 Å². The van der Waals surface area contributed by atoms with Crippen molar-refractivity contribution in [1.29, 1.82) is 0 Å². The third kappa shape index (κ3) is 2.10. The molecule has 0 amide bonds. The lowest BCUT2D eigenvalue weighted by Crippen LogP contribution is -1.96. The summed E-state index contributed by atoms with van der Waals surface area (Å²) in [6.07, 6.45) is 6.16. The number of fused-ring (bicyclic) bond motifs is 1. The van der Waals surface area contributed by atoms with Crippen LogP contribution in [0.1, 0.15) is 24.6 Å². The number of aromatic nitrogens is 3. The van der Waals surface area contributed by atoms with Gasteiger partial charge in [-0.1, -0.05) is 24.3 Å². The third-order valence-corrected chi connectivity index (χ3v) is 4.01. The second-order valence-corrected chi connectivity index (χ2v) is 5.93. The summed E-state index contributed by atoms with van der Waals surface area (Å²) in [5.74, 6) is 1.48. The summed E-state index contributed by atoms with van der Waals surface area (Å²) >= 11 is 3.50. The van der Waals surface area contributed by atoms with Crippen LogP contribution in [-0.2, 0) is 0 Å². The zero-order chi connectivity index (χ0) is 13.5. The van der Waals surface area contributed by atoms with E-state index < -0.39 is 0 Å². The van der Waals surface area contributed by atoms with Crippen LogP contribution in [0.3, 0.4) is 0 Å². The summed E-state index contributed by atoms with van der Waals surface area (Å²) in [6, 6.07) is 10.2. The lowest BCUT2D eigenvalue weighted by atomic mass is 10.1. The maximum atomic E-state index is 4.73. The van der Waals surface area contributed by atoms with Crippen LogP contribution in [-0.4, -0.2) is 15.0 Å². The predicted octanol–water partition coefficient (Wildman–Crippen LogP) is 4.33. The Morgan fingerprint density at radius 2 is 1.90 bits per heavy atom. The van der Waals surface area contributed by atoms with Crippen molar-refractivity contribution in [3.63, 3.8) is 0 Å². The molecule has 1 aliphatic carbocycles. The minimum Gasteiger partial charge on any atom is -0.263 e. The van der Waals surface area contributed by atoms with Gasteiger partial charge in [0.2, 0.25) is 0 Å². The van der Waals surface area contributed by atoms with E-state index in [-0.39, 0.29) is 0 Å². The summed E-state index contributed by atoms with van der Waals surface area (Å²) in [5.41, 5.74) is 2.01. The molecule has 1 saturated carbocycles. The molecule has 98 valence electrons. The number of benzene rings is 1. The number of hydrogen-bond acceptors (Lipinski definition) is 3. The van der Waals surface area contributed by atoms with E-state index in [1.807, 2.05) is 30.6 Å². The van der Waals surface area contributed by atoms with Gasteiger partial charge in [-0.15, -0.1) is 0 Å². The van der Waals surface area contributed by atoms with Gasteiger partial charge in [0.1, 0.15) is 10.4 Å². The fourth-order valence-corrected chi connectivity index (χ4v) is 2.82. The third-order valence-electron chi connectivity index (χ3n) is 3.60. The molecule has 3 aromatic rings. The smallest absolute Gasteiger partial charge is 0.133 e. The minimum absolute atomic E-state index is 0.536. The highest BCUT2D eigenvalue weighted by Crippen LogP contribution is 2.39. The Bertz CT molecular complexity index is 791. The summed E-state index contributed by atoms with van der Waals surface area (Å²) in [7, 11) is 0. The molecule has 0 saturated heterocycles. The molecule has 4 rings (SSSR count). The summed E-state index contributed by atoms with van der Waals surface area (Å²) in [4.78, 5) is 13.6. The molecule has 0 aliphatic heterocycles. The minimum atomic E-state index is 0.536. The Kier molecular flexibility index (Phi) is 2.77. The van der Waals surface area contributed by atoms with Crippen molar-refractivity contribution >= 4 is 26.7 Å². The fraction of sp³-hybridized carbons (Fsp3) is 0.188. The van der Waals surface area contributed by atoms with Crippen molar-refractivity contribution in [3.8, 4) is 11.3 Å². The van der Waals surface area contributed by atoms with Gasteiger partial charge in [-0.25, -0.2) is 9.97 Å². The van der Waals surface area contributed by atoms with Crippen molar-refractivity contribution in [2.24, 2.45) is 0 Å². The van der Waals surface area contributed by atoms with Crippen LogP contribution in [0.4, 0.5) is 0 Å². The quantitative estimate of drug-likeness (QED) is 0.658. The van der Waals surface area contributed by atoms with Crippen LogP contribution in [0.15, 0.2) is 47.3 Å². The van der Waals surface area contributed by atoms with Gasteiger partial charge in [-0.05, 0) is 40.2 Å². The molecular weight excluding hydrogens is 314 g/mol. The summed E-state index contributed by atoms with van der Waals surface area (Å²) in [5, 5.41) is 2.31. The molecule has 0 N–H and O–H groups in total. The van der Waals surface area contributed by atoms with E-state index in [1.165, 1.54) is 18.2 Å². The molecule has 0 spiro atoms. The van der Waals surface area contributed by atoms with Crippen LogP contribution in [0.2, 0.25) is 0 Å². The number of halogens is 1. The zero-order valence-corrected chi connectivity index (χ0v) is 12.3. The molecule has 4 heteroatoms. The number of nitrogens with zero attached hydrogens (tertiary/aromatic N) is 3. The monoisotopic (exact) mass is 325 g/mol. The molecule has 20 heavy (non-hydrogen) atoms. The van der Waals surface area contributed by atoms with Gasteiger partial charge in [0.25, 0.3) is 0 Å². The standard InChI is InChI=1S/C16H12BrN3/c17-15-7-14(19-16(20-15)10-5-6-10)13-9-18-8-11-3-1-2-4-12(11)13/h1-4,7-10H,5-6H2. The molecule has 1 aliphatic rings. The SMILES string of the molecule is Brc1cc(-c2cncc3ccccc23)nc(C2CC2)n1. The van der Waals surface area contributed by atoms with Crippen LogP contribution >= 0.6 is 15.9 Å². The highest BCUT2D eigenvalue weighted by Gasteiger charge is 2.27. The van der Waals surface area contributed by atoms with E-state index in [9.17, 15) is 0 Å². The Morgan fingerprint density at radius 1 is 1.05 bits per heavy atom. The van der Waals surface area contributed by atoms with Crippen LogP contribution < -0.4 is 0 Å².